The molecule has 1 unspecified atom stereocenters. The molecular formula is C27H25BrN2O4. The molecule has 0 bridgehead atoms. The molecule has 4 rings (SSSR count). The fourth-order valence-electron chi connectivity index (χ4n) is 4.02. The van der Waals surface area contributed by atoms with Crippen molar-refractivity contribution in [1.82, 2.24) is 0 Å². The van der Waals surface area contributed by atoms with Gasteiger partial charge in [-0.1, -0.05) is 46.3 Å². The zero-order valence-corrected chi connectivity index (χ0v) is 20.7. The van der Waals surface area contributed by atoms with Gasteiger partial charge in [0.1, 0.15) is 11.5 Å². The van der Waals surface area contributed by atoms with Crippen molar-refractivity contribution >= 4 is 44.8 Å². The smallest absolute Gasteiger partial charge is 0.300 e. The van der Waals surface area contributed by atoms with Gasteiger partial charge < -0.3 is 14.7 Å². The molecule has 1 fully saturated rings. The number of anilines is 2. The summed E-state index contributed by atoms with van der Waals surface area (Å²) in [4.78, 5) is 30.0. The minimum absolute atomic E-state index is 0.0479. The summed E-state index contributed by atoms with van der Waals surface area (Å²) in [6, 6.07) is 20.8. The van der Waals surface area contributed by atoms with E-state index in [4.69, 9.17) is 4.74 Å². The maximum absolute atomic E-state index is 13.3. The number of ether oxygens (including phenoxy) is 1. The highest BCUT2D eigenvalue weighted by atomic mass is 79.9. The van der Waals surface area contributed by atoms with E-state index in [0.717, 1.165) is 10.2 Å². The molecule has 174 valence electrons. The molecule has 34 heavy (non-hydrogen) atoms. The molecule has 0 spiro atoms. The highest BCUT2D eigenvalue weighted by Crippen LogP contribution is 2.43. The number of ketones is 1. The lowest BCUT2D eigenvalue weighted by molar-refractivity contribution is -0.132. The zero-order valence-electron chi connectivity index (χ0n) is 19.2. The number of carbonyl (C=O) groups is 2. The summed E-state index contributed by atoms with van der Waals surface area (Å²) >= 11 is 3.38. The maximum atomic E-state index is 13.3. The van der Waals surface area contributed by atoms with Crippen LogP contribution >= 0.6 is 15.9 Å². The molecule has 1 aliphatic rings. The Labute approximate surface area is 207 Å². The molecule has 1 saturated heterocycles. The third-order valence-electron chi connectivity index (χ3n) is 5.69. The van der Waals surface area contributed by atoms with E-state index < -0.39 is 17.7 Å². The number of amides is 1. The molecular weight excluding hydrogens is 496 g/mol. The van der Waals surface area contributed by atoms with Gasteiger partial charge in [0.15, 0.2) is 0 Å². The highest BCUT2D eigenvalue weighted by Gasteiger charge is 2.47. The topological polar surface area (TPSA) is 70.1 Å². The second-order valence-corrected chi connectivity index (χ2v) is 9.01. The first-order chi connectivity index (χ1) is 16.3. The number of rotatable bonds is 6. The van der Waals surface area contributed by atoms with Crippen molar-refractivity contribution in [3.63, 3.8) is 0 Å². The van der Waals surface area contributed by atoms with Gasteiger partial charge in [-0.3, -0.25) is 14.5 Å². The largest absolute Gasteiger partial charge is 0.507 e. The predicted octanol–water partition coefficient (Wildman–Crippen LogP) is 5.54. The Kier molecular flexibility index (Phi) is 6.75. The number of Topliss-reactive ketones (excluding diaryl/α,β-unsaturated/α-hetero) is 1. The van der Waals surface area contributed by atoms with E-state index in [0.29, 0.717) is 29.2 Å². The number of halogens is 1. The van der Waals surface area contributed by atoms with Crippen molar-refractivity contribution in [3.8, 4) is 5.75 Å². The average Bonchev–Trinajstić information content (AvgIpc) is 3.10. The Morgan fingerprint density at radius 1 is 1.03 bits per heavy atom. The Bertz CT molecular complexity index is 1250. The Morgan fingerprint density at radius 3 is 2.32 bits per heavy atom. The van der Waals surface area contributed by atoms with E-state index in [-0.39, 0.29) is 11.3 Å². The van der Waals surface area contributed by atoms with Gasteiger partial charge in [-0.05, 0) is 48.9 Å². The van der Waals surface area contributed by atoms with E-state index in [9.17, 15) is 14.7 Å². The summed E-state index contributed by atoms with van der Waals surface area (Å²) in [6.45, 7) is 2.35. The number of benzene rings is 3. The molecule has 1 heterocycles. The van der Waals surface area contributed by atoms with E-state index >= 15 is 0 Å². The second-order valence-electron chi connectivity index (χ2n) is 8.09. The summed E-state index contributed by atoms with van der Waals surface area (Å²) in [7, 11) is 3.88. The van der Waals surface area contributed by atoms with Crippen molar-refractivity contribution in [3.05, 3.63) is 94.0 Å². The van der Waals surface area contributed by atoms with Gasteiger partial charge in [-0.2, -0.15) is 0 Å². The molecule has 0 aromatic heterocycles. The Balaban J connectivity index is 1.91. The van der Waals surface area contributed by atoms with Crippen LogP contribution in [0.1, 0.15) is 24.1 Å². The van der Waals surface area contributed by atoms with Crippen LogP contribution in [0.5, 0.6) is 5.75 Å². The lowest BCUT2D eigenvalue weighted by atomic mass is 9.95. The van der Waals surface area contributed by atoms with Crippen LogP contribution < -0.4 is 14.5 Å². The van der Waals surface area contributed by atoms with Gasteiger partial charge in [-0.15, -0.1) is 0 Å². The minimum atomic E-state index is -0.795. The van der Waals surface area contributed by atoms with Gasteiger partial charge in [0.2, 0.25) is 0 Å². The molecule has 0 radical (unpaired) electrons. The summed E-state index contributed by atoms with van der Waals surface area (Å²) < 4.78 is 6.45. The standard InChI is InChI=1S/C27H25BrN2O4/c1-4-34-22-7-5-6-21(16-22)30-24(17-10-14-20(15-11-17)29(2)3)23(26(32)27(30)33)25(31)18-8-12-19(28)13-9-18/h5-16,24,31H,4H2,1-3H3/b25-23+. The van der Waals surface area contributed by atoms with Crippen molar-refractivity contribution in [2.24, 2.45) is 0 Å². The number of hydrogen-bond acceptors (Lipinski definition) is 5. The fourth-order valence-corrected chi connectivity index (χ4v) is 4.29. The van der Waals surface area contributed by atoms with E-state index in [2.05, 4.69) is 15.9 Å². The first-order valence-electron chi connectivity index (χ1n) is 10.9. The van der Waals surface area contributed by atoms with Crippen LogP contribution in [-0.2, 0) is 9.59 Å². The van der Waals surface area contributed by atoms with E-state index in [1.54, 1.807) is 48.5 Å². The van der Waals surface area contributed by atoms with E-state index in [1.807, 2.05) is 50.2 Å². The SMILES string of the molecule is CCOc1cccc(N2C(=O)C(=O)/C(=C(/O)c3ccc(Br)cc3)C2c2ccc(N(C)C)cc2)c1. The van der Waals surface area contributed by atoms with Crippen LogP contribution in [0.3, 0.4) is 0 Å². The van der Waals surface area contributed by atoms with Crippen LogP contribution in [0.4, 0.5) is 11.4 Å². The van der Waals surface area contributed by atoms with Gasteiger partial charge in [-0.25, -0.2) is 0 Å². The van der Waals surface area contributed by atoms with Crippen LogP contribution in [0.2, 0.25) is 0 Å². The molecule has 1 aliphatic heterocycles. The normalized spacial score (nSPS) is 17.2. The van der Waals surface area contributed by atoms with Gasteiger partial charge in [0, 0.05) is 41.6 Å². The first kappa shape index (κ1) is 23.6. The quantitative estimate of drug-likeness (QED) is 0.262. The van der Waals surface area contributed by atoms with Gasteiger partial charge in [0.05, 0.1) is 18.2 Å². The molecule has 3 aromatic rings. The summed E-state index contributed by atoms with van der Waals surface area (Å²) in [5.74, 6) is -1.05. The lowest BCUT2D eigenvalue weighted by Gasteiger charge is -2.26. The molecule has 0 aliphatic carbocycles. The summed E-state index contributed by atoms with van der Waals surface area (Å²) in [5, 5.41) is 11.2. The van der Waals surface area contributed by atoms with Crippen LogP contribution in [0.15, 0.2) is 82.8 Å². The highest BCUT2D eigenvalue weighted by molar-refractivity contribution is 9.10. The molecule has 6 nitrogen and oxygen atoms in total. The predicted molar refractivity (Wildman–Crippen MR) is 137 cm³/mol. The van der Waals surface area contributed by atoms with E-state index in [1.165, 1.54) is 4.90 Å². The van der Waals surface area contributed by atoms with Crippen molar-refractivity contribution < 1.29 is 19.4 Å². The lowest BCUT2D eigenvalue weighted by Crippen LogP contribution is -2.29. The minimum Gasteiger partial charge on any atom is -0.507 e. The van der Waals surface area contributed by atoms with Crippen molar-refractivity contribution in [1.29, 1.82) is 0 Å². The number of carbonyl (C=O) groups excluding carboxylic acids is 2. The van der Waals surface area contributed by atoms with Crippen LogP contribution in [0, 0.1) is 0 Å². The second kappa shape index (κ2) is 9.73. The zero-order chi connectivity index (χ0) is 24.4. The van der Waals surface area contributed by atoms with Gasteiger partial charge >= 0.3 is 0 Å². The molecule has 3 aromatic carbocycles. The van der Waals surface area contributed by atoms with Gasteiger partial charge in [0.25, 0.3) is 11.7 Å². The molecule has 1 N–H and O–H groups in total. The number of hydrogen-bond donors (Lipinski definition) is 1. The van der Waals surface area contributed by atoms with Crippen LogP contribution in [-0.4, -0.2) is 37.5 Å². The molecule has 1 amide bonds. The number of nitrogens with zero attached hydrogens (tertiary/aromatic N) is 2. The van der Waals surface area contributed by atoms with Crippen molar-refractivity contribution in [2.45, 2.75) is 13.0 Å². The monoisotopic (exact) mass is 520 g/mol. The first-order valence-corrected chi connectivity index (χ1v) is 11.7. The summed E-state index contributed by atoms with van der Waals surface area (Å²) in [6.07, 6.45) is 0. The van der Waals surface area contributed by atoms with Crippen molar-refractivity contribution in [2.75, 3.05) is 30.5 Å². The maximum Gasteiger partial charge on any atom is 0.300 e. The fraction of sp³-hybridized carbons (Fsp3) is 0.185. The summed E-state index contributed by atoms with van der Waals surface area (Å²) in [5.41, 5.74) is 2.72. The molecule has 7 heteroatoms. The Hall–Kier alpha value is -3.58. The molecule has 0 saturated carbocycles. The third-order valence-corrected chi connectivity index (χ3v) is 6.22. The Morgan fingerprint density at radius 2 is 1.71 bits per heavy atom. The number of aliphatic hydroxyl groups is 1. The van der Waals surface area contributed by atoms with Crippen LogP contribution in [0.25, 0.3) is 5.76 Å². The third kappa shape index (κ3) is 4.43. The average molecular weight is 521 g/mol. The number of aliphatic hydroxyl groups excluding tert-OH is 1. The molecule has 1 atom stereocenters.